The molecule has 3 aromatic rings. The van der Waals surface area contributed by atoms with Gasteiger partial charge in [0.1, 0.15) is 11.6 Å². The summed E-state index contributed by atoms with van der Waals surface area (Å²) in [6.07, 6.45) is 2.55. The van der Waals surface area contributed by atoms with Crippen molar-refractivity contribution in [2.45, 2.75) is 26.2 Å². The minimum absolute atomic E-state index is 0.0301. The van der Waals surface area contributed by atoms with Gasteiger partial charge in [-0.05, 0) is 55.0 Å². The van der Waals surface area contributed by atoms with Gasteiger partial charge in [-0.2, -0.15) is 0 Å². The van der Waals surface area contributed by atoms with Crippen LogP contribution < -0.4 is 29.6 Å². The first-order valence-corrected chi connectivity index (χ1v) is 14.1. The number of benzene rings is 2. The van der Waals surface area contributed by atoms with E-state index in [1.54, 1.807) is 42.5 Å². The zero-order chi connectivity index (χ0) is 29.2. The van der Waals surface area contributed by atoms with Gasteiger partial charge < -0.3 is 34.3 Å². The minimum atomic E-state index is -0.574. The molecule has 0 fully saturated rings. The lowest BCUT2D eigenvalue weighted by atomic mass is 9.88. The molecule has 10 nitrogen and oxygen atoms in total. The highest BCUT2D eigenvalue weighted by Crippen LogP contribution is 2.39. The van der Waals surface area contributed by atoms with Gasteiger partial charge in [-0.25, -0.2) is 4.79 Å². The van der Waals surface area contributed by atoms with Gasteiger partial charge in [0.25, 0.3) is 11.8 Å². The quantitative estimate of drug-likeness (QED) is 0.227. The summed E-state index contributed by atoms with van der Waals surface area (Å²) in [6, 6.07) is 14.0. The topological polar surface area (TPSA) is 121 Å². The van der Waals surface area contributed by atoms with E-state index in [0.717, 1.165) is 29.7 Å². The van der Waals surface area contributed by atoms with Crippen LogP contribution in [0.15, 0.2) is 48.5 Å². The molecular formula is C30H34N2O8S. The van der Waals surface area contributed by atoms with E-state index in [9.17, 15) is 14.4 Å². The van der Waals surface area contributed by atoms with Crippen LogP contribution in [-0.2, 0) is 27.2 Å². The van der Waals surface area contributed by atoms with E-state index in [-0.39, 0.29) is 38.2 Å². The molecule has 0 aliphatic heterocycles. The van der Waals surface area contributed by atoms with Crippen molar-refractivity contribution >= 4 is 34.1 Å². The first kappa shape index (κ1) is 29.7. The fourth-order valence-electron chi connectivity index (χ4n) is 4.46. The summed E-state index contributed by atoms with van der Waals surface area (Å²) in [5.74, 6) is 1.11. The van der Waals surface area contributed by atoms with E-state index in [4.69, 9.17) is 23.7 Å². The first-order valence-electron chi connectivity index (χ1n) is 13.3. The second-order valence-electron chi connectivity index (χ2n) is 9.46. The SMILES string of the molecule is COc1ccccc1OCC(=O)Nc1sc2c(c1C(=O)NCCOC(=O)COc1ccccc1OC)CCC(C)C2. The number of amides is 2. The maximum atomic E-state index is 13.3. The van der Waals surface area contributed by atoms with Gasteiger partial charge >= 0.3 is 5.97 Å². The van der Waals surface area contributed by atoms with Crippen molar-refractivity contribution in [1.82, 2.24) is 5.32 Å². The van der Waals surface area contributed by atoms with E-state index in [1.165, 1.54) is 25.6 Å². The first-order chi connectivity index (χ1) is 19.9. The lowest BCUT2D eigenvalue weighted by Gasteiger charge is -2.18. The van der Waals surface area contributed by atoms with Gasteiger partial charge in [-0.15, -0.1) is 11.3 Å². The number of carbonyl (C=O) groups is 3. The summed E-state index contributed by atoms with van der Waals surface area (Å²) in [5.41, 5.74) is 1.40. The molecule has 2 aromatic carbocycles. The number of nitrogens with one attached hydrogen (secondary N) is 2. The monoisotopic (exact) mass is 582 g/mol. The summed E-state index contributed by atoms with van der Waals surface area (Å²) in [5, 5.41) is 6.16. The second kappa shape index (κ2) is 14.4. The van der Waals surface area contributed by atoms with Gasteiger partial charge in [0, 0.05) is 4.88 Å². The van der Waals surface area contributed by atoms with Crippen molar-refractivity contribution in [2.75, 3.05) is 45.9 Å². The molecule has 41 heavy (non-hydrogen) atoms. The molecule has 1 heterocycles. The maximum Gasteiger partial charge on any atom is 0.344 e. The summed E-state index contributed by atoms with van der Waals surface area (Å²) in [4.78, 5) is 39.3. The molecule has 11 heteroatoms. The number of methoxy groups -OCH3 is 2. The number of hydrogen-bond donors (Lipinski definition) is 2. The normalized spacial score (nSPS) is 13.9. The zero-order valence-electron chi connectivity index (χ0n) is 23.3. The highest BCUT2D eigenvalue weighted by Gasteiger charge is 2.28. The Balaban J connectivity index is 1.32. The Kier molecular flexibility index (Phi) is 10.4. The van der Waals surface area contributed by atoms with Gasteiger partial charge in [0.15, 0.2) is 36.2 Å². The number of carbonyl (C=O) groups excluding carboxylic acids is 3. The summed E-state index contributed by atoms with van der Waals surface area (Å²) >= 11 is 1.42. The van der Waals surface area contributed by atoms with E-state index in [0.29, 0.717) is 39.5 Å². The zero-order valence-corrected chi connectivity index (χ0v) is 24.1. The molecule has 0 radical (unpaired) electrons. The molecule has 4 rings (SSSR count). The van der Waals surface area contributed by atoms with E-state index >= 15 is 0 Å². The van der Waals surface area contributed by atoms with Gasteiger partial charge in [-0.1, -0.05) is 31.2 Å². The van der Waals surface area contributed by atoms with Crippen LogP contribution in [0, 0.1) is 5.92 Å². The molecule has 1 aromatic heterocycles. The minimum Gasteiger partial charge on any atom is -0.493 e. The third-order valence-corrected chi connectivity index (χ3v) is 7.65. The van der Waals surface area contributed by atoms with Crippen LogP contribution in [0.4, 0.5) is 5.00 Å². The molecule has 2 amide bonds. The van der Waals surface area contributed by atoms with E-state index in [2.05, 4.69) is 17.6 Å². The van der Waals surface area contributed by atoms with E-state index in [1.807, 2.05) is 6.07 Å². The largest absolute Gasteiger partial charge is 0.493 e. The second-order valence-corrected chi connectivity index (χ2v) is 10.6. The van der Waals surface area contributed by atoms with Crippen molar-refractivity contribution in [3.63, 3.8) is 0 Å². The average Bonchev–Trinajstić information content (AvgIpc) is 3.33. The lowest BCUT2D eigenvalue weighted by Crippen LogP contribution is -2.30. The molecule has 0 bridgehead atoms. The highest BCUT2D eigenvalue weighted by atomic mass is 32.1. The predicted molar refractivity (Wildman–Crippen MR) is 154 cm³/mol. The van der Waals surface area contributed by atoms with Gasteiger partial charge in [0.05, 0.1) is 26.3 Å². The average molecular weight is 583 g/mol. The van der Waals surface area contributed by atoms with Crippen molar-refractivity contribution in [2.24, 2.45) is 5.92 Å². The van der Waals surface area contributed by atoms with Crippen LogP contribution in [0.5, 0.6) is 23.0 Å². The van der Waals surface area contributed by atoms with Crippen molar-refractivity contribution < 1.29 is 38.1 Å². The third kappa shape index (κ3) is 7.91. The van der Waals surface area contributed by atoms with Crippen LogP contribution in [0.2, 0.25) is 0 Å². The van der Waals surface area contributed by atoms with Crippen LogP contribution in [0.25, 0.3) is 0 Å². The summed E-state index contributed by atoms with van der Waals surface area (Å²) in [7, 11) is 3.04. The van der Waals surface area contributed by atoms with Gasteiger partial charge in [-0.3, -0.25) is 9.59 Å². The molecule has 1 atom stereocenters. The van der Waals surface area contributed by atoms with Crippen LogP contribution in [0.1, 0.15) is 34.1 Å². The summed E-state index contributed by atoms with van der Waals surface area (Å²) in [6.45, 7) is 1.71. The standard InChI is InChI=1S/C30H34N2O8S/c1-19-12-13-20-25(16-19)41-30(32-26(33)17-39-23-10-6-4-8-21(23)36-2)28(20)29(35)31-14-15-38-27(34)18-40-24-11-7-5-9-22(24)37-3/h4-11,19H,12-18H2,1-3H3,(H,31,35)(H,32,33). The smallest absolute Gasteiger partial charge is 0.344 e. The van der Waals surface area contributed by atoms with E-state index < -0.39 is 5.97 Å². The summed E-state index contributed by atoms with van der Waals surface area (Å²) < 4.78 is 26.8. The molecule has 1 aliphatic rings. The Bertz CT molecular complexity index is 1370. The van der Waals surface area contributed by atoms with Gasteiger partial charge in [0.2, 0.25) is 0 Å². The Morgan fingerprint density at radius 2 is 1.51 bits per heavy atom. The number of ether oxygens (including phenoxy) is 5. The van der Waals surface area contributed by atoms with Crippen molar-refractivity contribution in [3.8, 4) is 23.0 Å². The Hall–Kier alpha value is -4.25. The molecule has 0 spiro atoms. The number of hydrogen-bond acceptors (Lipinski definition) is 9. The Morgan fingerprint density at radius 3 is 2.15 bits per heavy atom. The number of para-hydroxylation sites is 4. The number of esters is 1. The number of fused-ring (bicyclic) bond motifs is 1. The predicted octanol–water partition coefficient (Wildman–Crippen LogP) is 4.26. The Labute approximate surface area is 242 Å². The van der Waals surface area contributed by atoms with Crippen LogP contribution >= 0.6 is 11.3 Å². The van der Waals surface area contributed by atoms with Crippen LogP contribution in [-0.4, -0.2) is 58.4 Å². The number of thiophene rings is 1. The van der Waals surface area contributed by atoms with Crippen molar-refractivity contribution in [3.05, 3.63) is 64.5 Å². The molecule has 1 aliphatic carbocycles. The molecule has 2 N–H and O–H groups in total. The van der Waals surface area contributed by atoms with Crippen molar-refractivity contribution in [1.29, 1.82) is 0 Å². The third-order valence-electron chi connectivity index (χ3n) is 6.48. The maximum absolute atomic E-state index is 13.3. The number of rotatable bonds is 13. The Morgan fingerprint density at radius 1 is 0.902 bits per heavy atom. The molecule has 0 saturated heterocycles. The molecule has 1 unspecified atom stereocenters. The van der Waals surface area contributed by atoms with Crippen LogP contribution in [0.3, 0.4) is 0 Å². The molecule has 218 valence electrons. The number of anilines is 1. The fourth-order valence-corrected chi connectivity index (χ4v) is 5.88. The lowest BCUT2D eigenvalue weighted by molar-refractivity contribution is -0.145. The molecular weight excluding hydrogens is 548 g/mol. The fraction of sp³-hybridized carbons (Fsp3) is 0.367. The molecule has 0 saturated carbocycles. The highest BCUT2D eigenvalue weighted by molar-refractivity contribution is 7.17.